The van der Waals surface area contributed by atoms with Gasteiger partial charge in [-0.2, -0.15) is 0 Å². The second-order valence-corrected chi connectivity index (χ2v) is 9.10. The van der Waals surface area contributed by atoms with Gasteiger partial charge in [-0.15, -0.1) is 0 Å². The van der Waals surface area contributed by atoms with E-state index in [1.54, 1.807) is 6.92 Å². The van der Waals surface area contributed by atoms with Crippen LogP contribution in [0.25, 0.3) is 16.8 Å². The van der Waals surface area contributed by atoms with Crippen molar-refractivity contribution in [2.75, 3.05) is 18.4 Å². The minimum Gasteiger partial charge on any atom is -0.477 e. The van der Waals surface area contributed by atoms with Crippen molar-refractivity contribution in [3.8, 4) is 17.1 Å². The Morgan fingerprint density at radius 2 is 1.97 bits per heavy atom. The van der Waals surface area contributed by atoms with Crippen LogP contribution < -0.4 is 14.8 Å². The third kappa shape index (κ3) is 4.59. The van der Waals surface area contributed by atoms with E-state index < -0.39 is 43.7 Å². The van der Waals surface area contributed by atoms with Crippen molar-refractivity contribution in [3.63, 3.8) is 0 Å². The summed E-state index contributed by atoms with van der Waals surface area (Å²) in [6.45, 7) is 1.75. The molecule has 10 nitrogen and oxygen atoms in total. The van der Waals surface area contributed by atoms with Crippen LogP contribution in [-0.2, 0) is 10.0 Å². The average Bonchev–Trinajstić information content (AvgIpc) is 3.25. The smallest absolute Gasteiger partial charge is 0.271 e. The number of benzene rings is 1. The predicted octanol–water partition coefficient (Wildman–Crippen LogP) is 3.28. The SMILES string of the molecule is CCOc1ncc(Cl)cc1S(=O)(=O)Nc1ccc(F)c(-c2cn3cnc(C(=O)NC)c3cn2)c1F. The average molecular weight is 523 g/mol. The molecule has 1 amide bonds. The third-order valence-corrected chi connectivity index (χ3v) is 6.38. The molecule has 0 radical (unpaired) electrons. The first-order chi connectivity index (χ1) is 16.7. The number of fused-ring (bicyclic) bond motifs is 1. The lowest BCUT2D eigenvalue weighted by Gasteiger charge is -2.14. The van der Waals surface area contributed by atoms with Crippen LogP contribution in [0.4, 0.5) is 14.5 Å². The zero-order valence-corrected chi connectivity index (χ0v) is 19.8. The number of carbonyl (C=O) groups excluding carboxylic acids is 1. The minimum atomic E-state index is -4.43. The molecular formula is C21H17ClF2N6O4S. The van der Waals surface area contributed by atoms with Crippen molar-refractivity contribution >= 4 is 38.7 Å². The minimum absolute atomic E-state index is 0.0167. The van der Waals surface area contributed by atoms with Gasteiger partial charge in [0.2, 0.25) is 5.88 Å². The van der Waals surface area contributed by atoms with Gasteiger partial charge in [-0.25, -0.2) is 27.2 Å². The van der Waals surface area contributed by atoms with E-state index >= 15 is 4.39 Å². The van der Waals surface area contributed by atoms with E-state index in [9.17, 15) is 17.6 Å². The number of hydrogen-bond donors (Lipinski definition) is 2. The molecule has 0 aliphatic carbocycles. The van der Waals surface area contributed by atoms with E-state index in [1.807, 2.05) is 0 Å². The summed E-state index contributed by atoms with van der Waals surface area (Å²) in [4.78, 5) is 23.4. The summed E-state index contributed by atoms with van der Waals surface area (Å²) in [6.07, 6.45) is 4.99. The Bertz CT molecular complexity index is 1560. The molecule has 0 fully saturated rings. The van der Waals surface area contributed by atoms with E-state index in [0.29, 0.717) is 5.52 Å². The Kier molecular flexibility index (Phi) is 6.54. The molecule has 0 atom stereocenters. The van der Waals surface area contributed by atoms with Gasteiger partial charge in [0.15, 0.2) is 16.4 Å². The molecule has 0 saturated heterocycles. The van der Waals surface area contributed by atoms with E-state index in [1.165, 1.54) is 36.4 Å². The molecule has 0 unspecified atom stereocenters. The number of hydrogen-bond acceptors (Lipinski definition) is 7. The van der Waals surface area contributed by atoms with Crippen molar-refractivity contribution < 1.29 is 26.7 Å². The normalized spacial score (nSPS) is 11.5. The molecule has 1 aromatic carbocycles. The molecule has 4 rings (SSSR count). The maximum atomic E-state index is 15.4. The topological polar surface area (TPSA) is 128 Å². The number of aromatic nitrogens is 4. The summed E-state index contributed by atoms with van der Waals surface area (Å²) in [5, 5.41) is 2.45. The molecular weight excluding hydrogens is 506 g/mol. The van der Waals surface area contributed by atoms with Gasteiger partial charge in [-0.3, -0.25) is 14.5 Å². The lowest BCUT2D eigenvalue weighted by Crippen LogP contribution is -2.18. The van der Waals surface area contributed by atoms with Crippen molar-refractivity contribution in [3.05, 3.63) is 65.5 Å². The molecule has 35 heavy (non-hydrogen) atoms. The van der Waals surface area contributed by atoms with Crippen molar-refractivity contribution in [2.24, 2.45) is 0 Å². The van der Waals surface area contributed by atoms with Gasteiger partial charge in [-0.1, -0.05) is 11.6 Å². The van der Waals surface area contributed by atoms with Crippen LogP contribution in [-0.4, -0.2) is 47.3 Å². The van der Waals surface area contributed by atoms with Crippen LogP contribution in [0.5, 0.6) is 5.88 Å². The summed E-state index contributed by atoms with van der Waals surface area (Å²) in [5.41, 5.74) is -0.898. The molecule has 0 bridgehead atoms. The maximum Gasteiger partial charge on any atom is 0.271 e. The number of nitrogens with zero attached hydrogens (tertiary/aromatic N) is 4. The number of rotatable bonds is 7. The number of anilines is 1. The Hall–Kier alpha value is -3.84. The summed E-state index contributed by atoms with van der Waals surface area (Å²) in [6, 6.07) is 2.93. The highest BCUT2D eigenvalue weighted by Gasteiger charge is 2.26. The van der Waals surface area contributed by atoms with Crippen LogP contribution in [0.1, 0.15) is 17.4 Å². The zero-order chi connectivity index (χ0) is 25.3. The second kappa shape index (κ2) is 9.43. The first-order valence-electron chi connectivity index (χ1n) is 10.0. The highest BCUT2D eigenvalue weighted by Crippen LogP contribution is 2.32. The Balaban J connectivity index is 1.77. The first-order valence-corrected chi connectivity index (χ1v) is 11.9. The highest BCUT2D eigenvalue weighted by atomic mass is 35.5. The van der Waals surface area contributed by atoms with E-state index in [2.05, 4.69) is 25.0 Å². The monoisotopic (exact) mass is 522 g/mol. The van der Waals surface area contributed by atoms with Crippen LogP contribution in [0, 0.1) is 11.6 Å². The predicted molar refractivity (Wildman–Crippen MR) is 123 cm³/mol. The number of imidazole rings is 1. The Morgan fingerprint density at radius 3 is 2.69 bits per heavy atom. The van der Waals surface area contributed by atoms with Crippen LogP contribution >= 0.6 is 11.6 Å². The summed E-state index contributed by atoms with van der Waals surface area (Å²) in [5.74, 6) is -2.88. The standard InChI is InChI=1S/C21H17ClF2N6O4S/c1-3-34-21-16(6-11(22)7-27-21)35(32,33)29-13-5-4-12(23)17(18(13)24)14-9-30-10-28-19(20(31)25-2)15(30)8-26-14/h4-10,29H,3H2,1-2H3,(H,25,31). The molecule has 0 aliphatic heterocycles. The molecule has 0 aliphatic rings. The van der Waals surface area contributed by atoms with Crippen molar-refractivity contribution in [1.82, 2.24) is 24.7 Å². The number of nitrogens with one attached hydrogen (secondary N) is 2. The summed E-state index contributed by atoms with van der Waals surface area (Å²) >= 11 is 5.89. The van der Waals surface area contributed by atoms with E-state index in [-0.39, 0.29) is 28.9 Å². The van der Waals surface area contributed by atoms with E-state index in [0.717, 1.165) is 18.2 Å². The fourth-order valence-electron chi connectivity index (χ4n) is 3.23. The molecule has 3 heterocycles. The van der Waals surface area contributed by atoms with Gasteiger partial charge in [0.1, 0.15) is 12.1 Å². The number of sulfonamides is 1. The molecule has 0 saturated carbocycles. The van der Waals surface area contributed by atoms with Gasteiger partial charge < -0.3 is 14.5 Å². The molecule has 0 spiro atoms. The third-order valence-electron chi connectivity index (χ3n) is 4.81. The maximum absolute atomic E-state index is 15.4. The lowest BCUT2D eigenvalue weighted by molar-refractivity contribution is 0.0960. The van der Waals surface area contributed by atoms with Gasteiger partial charge in [0, 0.05) is 19.4 Å². The Morgan fingerprint density at radius 1 is 1.20 bits per heavy atom. The summed E-state index contributed by atoms with van der Waals surface area (Å²) < 4.78 is 64.8. The molecule has 2 N–H and O–H groups in total. The molecule has 3 aromatic heterocycles. The number of amides is 1. The number of pyridine rings is 1. The first kappa shape index (κ1) is 24.3. The Labute approximate surface area is 203 Å². The molecule has 182 valence electrons. The summed E-state index contributed by atoms with van der Waals surface area (Å²) in [7, 11) is -3.00. The second-order valence-electron chi connectivity index (χ2n) is 7.02. The highest BCUT2D eigenvalue weighted by molar-refractivity contribution is 7.92. The van der Waals surface area contributed by atoms with Gasteiger partial charge in [0.05, 0.1) is 40.3 Å². The van der Waals surface area contributed by atoms with Gasteiger partial charge in [-0.05, 0) is 25.1 Å². The fraction of sp³-hybridized carbons (Fsp3) is 0.143. The molecule has 4 aromatic rings. The quantitative estimate of drug-likeness (QED) is 0.381. The molecule has 14 heteroatoms. The largest absolute Gasteiger partial charge is 0.477 e. The zero-order valence-electron chi connectivity index (χ0n) is 18.2. The van der Waals surface area contributed by atoms with Crippen LogP contribution in [0.2, 0.25) is 5.02 Å². The lowest BCUT2D eigenvalue weighted by atomic mass is 10.1. The number of ether oxygens (including phenoxy) is 1. The van der Waals surface area contributed by atoms with Crippen LogP contribution in [0.3, 0.4) is 0 Å². The van der Waals surface area contributed by atoms with Gasteiger partial charge in [0.25, 0.3) is 15.9 Å². The van der Waals surface area contributed by atoms with Crippen molar-refractivity contribution in [1.29, 1.82) is 0 Å². The van der Waals surface area contributed by atoms with Gasteiger partial charge >= 0.3 is 0 Å². The number of halogens is 3. The number of carbonyl (C=O) groups is 1. The van der Waals surface area contributed by atoms with Crippen LogP contribution in [0.15, 0.2) is 48.0 Å². The van der Waals surface area contributed by atoms with Crippen molar-refractivity contribution in [2.45, 2.75) is 11.8 Å². The van der Waals surface area contributed by atoms with E-state index in [4.69, 9.17) is 16.3 Å². The fourth-order valence-corrected chi connectivity index (χ4v) is 4.63.